The summed E-state index contributed by atoms with van der Waals surface area (Å²) in [6.45, 7) is 5.68. The maximum absolute atomic E-state index is 13.5. The smallest absolute Gasteiger partial charge is 0.313 e. The van der Waals surface area contributed by atoms with Crippen molar-refractivity contribution in [1.82, 2.24) is 0 Å². The largest absolute Gasteiger partial charge is 1.00 e. The Hall–Kier alpha value is -2.77. The molecule has 0 spiro atoms. The Morgan fingerprint density at radius 1 is 1.15 bits per heavy atom. The average Bonchev–Trinajstić information content (AvgIpc) is 3.06. The first-order chi connectivity index (χ1) is 15.7. The second-order valence-electron chi connectivity index (χ2n) is 9.41. The number of carbonyl (C=O) groups is 3. The molecular formula is C26H30ClFN2O4. The van der Waals surface area contributed by atoms with Gasteiger partial charge in [0.25, 0.3) is 5.91 Å². The number of ether oxygens (including phenoxy) is 1. The van der Waals surface area contributed by atoms with Crippen LogP contribution in [0.2, 0.25) is 0 Å². The lowest BCUT2D eigenvalue weighted by Gasteiger charge is -2.44. The minimum absolute atomic E-state index is 0. The standard InChI is InChI=1S/C26H30FN2O4.ClH/c1-4-33-25(31)14-20(30)15-29(3)12-11-24-22(16-29)21-13-17(2)5-10-23(21)28(24)26(32)18-6-8-19(27)9-7-18;/h5-10,13,22,24H,4,11-12,14-16H2,1-3H3;1H/q+1;/p-1. The van der Waals surface area contributed by atoms with Gasteiger partial charge in [0.1, 0.15) is 18.8 Å². The maximum Gasteiger partial charge on any atom is 0.313 e. The van der Waals surface area contributed by atoms with Crippen molar-refractivity contribution in [2.24, 2.45) is 0 Å². The van der Waals surface area contributed by atoms with Crippen molar-refractivity contribution in [3.63, 3.8) is 0 Å². The van der Waals surface area contributed by atoms with E-state index in [0.717, 1.165) is 29.8 Å². The lowest BCUT2D eigenvalue weighted by Crippen LogP contribution is -3.00. The first-order valence-corrected chi connectivity index (χ1v) is 11.4. The third kappa shape index (κ3) is 5.15. The lowest BCUT2D eigenvalue weighted by atomic mass is 9.87. The van der Waals surface area contributed by atoms with Crippen molar-refractivity contribution >= 4 is 23.3 Å². The number of likely N-dealkylation sites (N-methyl/N-ethyl adjacent to an activating group) is 1. The number of piperidine rings is 1. The molecule has 6 nitrogen and oxygen atoms in total. The van der Waals surface area contributed by atoms with E-state index in [1.54, 1.807) is 6.92 Å². The molecule has 2 aliphatic rings. The molecule has 0 saturated carbocycles. The summed E-state index contributed by atoms with van der Waals surface area (Å²) in [6, 6.07) is 11.7. The van der Waals surface area contributed by atoms with Crippen molar-refractivity contribution in [1.29, 1.82) is 0 Å². The number of Topliss-reactive ketones (excluding diaryl/α,β-unsaturated/α-hetero) is 1. The summed E-state index contributed by atoms with van der Waals surface area (Å²) in [7, 11) is 2.04. The van der Waals surface area contributed by atoms with Gasteiger partial charge in [0.05, 0.1) is 38.7 Å². The molecule has 8 heteroatoms. The van der Waals surface area contributed by atoms with Gasteiger partial charge in [-0.15, -0.1) is 0 Å². The minimum Gasteiger partial charge on any atom is -1.00 e. The normalized spacial score (nSPS) is 22.9. The van der Waals surface area contributed by atoms with E-state index >= 15 is 0 Å². The predicted octanol–water partition coefficient (Wildman–Crippen LogP) is 0.623. The van der Waals surface area contributed by atoms with Gasteiger partial charge in [-0.05, 0) is 49.7 Å². The summed E-state index contributed by atoms with van der Waals surface area (Å²) in [5, 5.41) is 0. The van der Waals surface area contributed by atoms with Gasteiger partial charge >= 0.3 is 5.97 Å². The van der Waals surface area contributed by atoms with E-state index < -0.39 is 5.97 Å². The molecule has 3 unspecified atom stereocenters. The third-order valence-corrected chi connectivity index (χ3v) is 6.76. The number of aryl methyl sites for hydroxylation is 1. The lowest BCUT2D eigenvalue weighted by molar-refractivity contribution is -0.907. The van der Waals surface area contributed by atoms with Gasteiger partial charge in [-0.1, -0.05) is 17.7 Å². The minimum atomic E-state index is -0.484. The van der Waals surface area contributed by atoms with Gasteiger partial charge in [0, 0.05) is 17.7 Å². The molecule has 1 saturated heterocycles. The van der Waals surface area contributed by atoms with Crippen molar-refractivity contribution in [3.8, 4) is 0 Å². The second-order valence-corrected chi connectivity index (χ2v) is 9.41. The number of likely N-dealkylation sites (tertiary alicyclic amines) is 1. The van der Waals surface area contributed by atoms with E-state index in [2.05, 4.69) is 6.07 Å². The van der Waals surface area contributed by atoms with Crippen LogP contribution < -0.4 is 17.3 Å². The first kappa shape index (κ1) is 25.8. The van der Waals surface area contributed by atoms with E-state index in [4.69, 9.17) is 4.74 Å². The molecule has 2 aromatic rings. The Morgan fingerprint density at radius 3 is 2.53 bits per heavy atom. The summed E-state index contributed by atoms with van der Waals surface area (Å²) in [4.78, 5) is 39.6. The highest BCUT2D eigenvalue weighted by Crippen LogP contribution is 2.46. The Labute approximate surface area is 205 Å². The van der Waals surface area contributed by atoms with Gasteiger partial charge in [0.2, 0.25) is 0 Å². The van der Waals surface area contributed by atoms with Crippen LogP contribution in [-0.2, 0) is 14.3 Å². The molecule has 0 radical (unpaired) electrons. The zero-order valence-electron chi connectivity index (χ0n) is 19.7. The number of amides is 1. The molecule has 1 fully saturated rings. The maximum atomic E-state index is 13.5. The number of hydrogen-bond donors (Lipinski definition) is 0. The number of esters is 1. The Bertz CT molecular complexity index is 1090. The Balaban J connectivity index is 0.00000324. The number of fused-ring (bicyclic) bond motifs is 3. The van der Waals surface area contributed by atoms with E-state index in [1.165, 1.54) is 24.3 Å². The SMILES string of the molecule is CCOC(=O)CC(=O)C[N+]1(C)CCC2C(C1)c1cc(C)ccc1N2C(=O)c1ccc(F)cc1.[Cl-]. The number of nitrogens with zero attached hydrogens (tertiary/aromatic N) is 2. The topological polar surface area (TPSA) is 63.7 Å². The molecule has 0 aliphatic carbocycles. The summed E-state index contributed by atoms with van der Waals surface area (Å²) < 4.78 is 18.8. The van der Waals surface area contributed by atoms with Crippen LogP contribution >= 0.6 is 0 Å². The quantitative estimate of drug-likeness (QED) is 0.340. The molecular weight excluding hydrogens is 459 g/mol. The molecule has 34 heavy (non-hydrogen) atoms. The number of rotatable bonds is 6. The third-order valence-electron chi connectivity index (χ3n) is 6.76. The van der Waals surface area contributed by atoms with Gasteiger partial charge < -0.3 is 26.5 Å². The Morgan fingerprint density at radius 2 is 1.85 bits per heavy atom. The van der Waals surface area contributed by atoms with Crippen LogP contribution in [0.15, 0.2) is 42.5 Å². The number of ketones is 1. The zero-order chi connectivity index (χ0) is 23.8. The van der Waals surface area contributed by atoms with Crippen molar-refractivity contribution in [2.45, 2.75) is 38.6 Å². The molecule has 4 rings (SSSR count). The predicted molar refractivity (Wildman–Crippen MR) is 123 cm³/mol. The molecule has 2 heterocycles. The first-order valence-electron chi connectivity index (χ1n) is 11.4. The van der Waals surface area contributed by atoms with Crippen LogP contribution in [0, 0.1) is 12.7 Å². The van der Waals surface area contributed by atoms with Crippen LogP contribution in [0.3, 0.4) is 0 Å². The van der Waals surface area contributed by atoms with Gasteiger partial charge in [-0.3, -0.25) is 14.4 Å². The molecule has 2 aromatic carbocycles. The van der Waals surface area contributed by atoms with Crippen molar-refractivity contribution in [2.75, 3.05) is 38.2 Å². The van der Waals surface area contributed by atoms with E-state index in [9.17, 15) is 18.8 Å². The number of hydrogen-bond acceptors (Lipinski definition) is 4. The molecule has 0 bridgehead atoms. The number of benzene rings is 2. The van der Waals surface area contributed by atoms with Gasteiger partial charge in [-0.2, -0.15) is 0 Å². The number of anilines is 1. The van der Waals surface area contributed by atoms with Crippen LogP contribution in [0.4, 0.5) is 10.1 Å². The highest BCUT2D eigenvalue weighted by atomic mass is 35.5. The van der Waals surface area contributed by atoms with Gasteiger partial charge in [0.15, 0.2) is 5.78 Å². The van der Waals surface area contributed by atoms with E-state index in [1.807, 2.05) is 31.0 Å². The number of carbonyl (C=O) groups excluding carboxylic acids is 3. The number of halogens is 2. The summed E-state index contributed by atoms with van der Waals surface area (Å²) >= 11 is 0. The zero-order valence-corrected chi connectivity index (χ0v) is 20.5. The Kier molecular flexibility index (Phi) is 7.78. The fourth-order valence-electron chi connectivity index (χ4n) is 5.31. The van der Waals surface area contributed by atoms with Crippen LogP contribution in [0.25, 0.3) is 0 Å². The van der Waals surface area contributed by atoms with Crippen LogP contribution in [0.1, 0.15) is 47.2 Å². The molecule has 1 amide bonds. The van der Waals surface area contributed by atoms with Crippen LogP contribution in [-0.4, -0.2) is 61.5 Å². The van der Waals surface area contributed by atoms with E-state index in [0.29, 0.717) is 16.6 Å². The number of quaternary nitrogens is 1. The summed E-state index contributed by atoms with van der Waals surface area (Å²) in [5.74, 6) is -1.04. The monoisotopic (exact) mass is 488 g/mol. The summed E-state index contributed by atoms with van der Waals surface area (Å²) in [6.07, 6.45) is 0.523. The second kappa shape index (κ2) is 10.2. The molecule has 0 N–H and O–H groups in total. The van der Waals surface area contributed by atoms with E-state index in [-0.39, 0.29) is 61.4 Å². The van der Waals surface area contributed by atoms with Crippen molar-refractivity contribution in [3.05, 3.63) is 65.0 Å². The fourth-order valence-corrected chi connectivity index (χ4v) is 5.31. The average molecular weight is 489 g/mol. The molecule has 2 aliphatic heterocycles. The molecule has 0 aromatic heterocycles. The molecule has 182 valence electrons. The van der Waals surface area contributed by atoms with Gasteiger partial charge in [-0.25, -0.2) is 4.39 Å². The van der Waals surface area contributed by atoms with Crippen LogP contribution in [0.5, 0.6) is 0 Å². The summed E-state index contributed by atoms with van der Waals surface area (Å²) in [5.41, 5.74) is 3.56. The highest BCUT2D eigenvalue weighted by molar-refractivity contribution is 6.08. The molecule has 3 atom stereocenters. The highest BCUT2D eigenvalue weighted by Gasteiger charge is 2.49. The fraction of sp³-hybridized carbons (Fsp3) is 0.423. The van der Waals surface area contributed by atoms with Crippen molar-refractivity contribution < 1.29 is 40.4 Å².